The minimum atomic E-state index is -0.349. The molecule has 0 spiro atoms. The normalized spacial score (nSPS) is 17.5. The predicted molar refractivity (Wildman–Crippen MR) is 117 cm³/mol. The van der Waals surface area contributed by atoms with E-state index in [-0.39, 0.29) is 17.7 Å². The Bertz CT molecular complexity index is 1200. The Balaban J connectivity index is 1.54. The van der Waals surface area contributed by atoms with Crippen LogP contribution in [-0.4, -0.2) is 28.6 Å². The number of Topliss-reactive ketones (excluding diaryl/α,β-unsaturated/α-hetero) is 1. The SMILES string of the molecule is COc1cccc(NC(=O)c2cnn3c2NC2=C(C(=O)CCC2)[C@@H]3c2ccccc2)c1. The number of nitrogens with zero attached hydrogens (tertiary/aromatic N) is 2. The summed E-state index contributed by atoms with van der Waals surface area (Å²) in [5, 5.41) is 10.8. The summed E-state index contributed by atoms with van der Waals surface area (Å²) in [6, 6.07) is 16.7. The molecule has 5 rings (SSSR count). The van der Waals surface area contributed by atoms with Crippen molar-refractivity contribution in [1.82, 2.24) is 9.78 Å². The molecule has 1 aromatic heterocycles. The second kappa shape index (κ2) is 7.75. The van der Waals surface area contributed by atoms with E-state index >= 15 is 0 Å². The van der Waals surface area contributed by atoms with E-state index in [1.807, 2.05) is 42.5 Å². The zero-order chi connectivity index (χ0) is 21.4. The van der Waals surface area contributed by atoms with Crippen LogP contribution in [0.5, 0.6) is 5.75 Å². The first-order valence-corrected chi connectivity index (χ1v) is 10.3. The van der Waals surface area contributed by atoms with Gasteiger partial charge in [0.2, 0.25) is 0 Å². The van der Waals surface area contributed by atoms with Crippen LogP contribution in [-0.2, 0) is 4.79 Å². The van der Waals surface area contributed by atoms with Gasteiger partial charge in [0.05, 0.1) is 13.3 Å². The Kier molecular flexibility index (Phi) is 4.78. The quantitative estimate of drug-likeness (QED) is 0.669. The van der Waals surface area contributed by atoms with E-state index in [2.05, 4.69) is 15.7 Å². The van der Waals surface area contributed by atoms with Gasteiger partial charge in [-0.05, 0) is 30.5 Å². The number of fused-ring (bicyclic) bond motifs is 1. The van der Waals surface area contributed by atoms with Crippen molar-refractivity contribution in [2.24, 2.45) is 0 Å². The molecule has 0 unspecified atom stereocenters. The van der Waals surface area contributed by atoms with E-state index in [0.717, 1.165) is 29.7 Å². The summed E-state index contributed by atoms with van der Waals surface area (Å²) in [4.78, 5) is 25.9. The summed E-state index contributed by atoms with van der Waals surface area (Å²) in [5.41, 5.74) is 3.65. The van der Waals surface area contributed by atoms with Crippen LogP contribution >= 0.6 is 0 Å². The Morgan fingerprint density at radius 1 is 1.16 bits per heavy atom. The number of ketones is 1. The third kappa shape index (κ3) is 3.38. The second-order valence-electron chi connectivity index (χ2n) is 7.64. The van der Waals surface area contributed by atoms with Crippen molar-refractivity contribution in [3.8, 4) is 5.75 Å². The summed E-state index contributed by atoms with van der Waals surface area (Å²) in [6.45, 7) is 0. The molecule has 1 aliphatic carbocycles. The standard InChI is InChI=1S/C24H22N4O3/c1-31-17-10-5-9-16(13-17)26-24(30)18-14-25-28-22(15-7-3-2-4-8-15)21-19(27-23(18)28)11-6-12-20(21)29/h2-5,7-10,13-14,22,27H,6,11-12H2,1H3,(H,26,30)/t22-/m0/s1. The molecule has 3 aromatic rings. The maximum atomic E-state index is 13.1. The summed E-state index contributed by atoms with van der Waals surface area (Å²) in [7, 11) is 1.58. The fourth-order valence-electron chi connectivity index (χ4n) is 4.27. The van der Waals surface area contributed by atoms with E-state index in [9.17, 15) is 9.59 Å². The van der Waals surface area contributed by atoms with Crippen molar-refractivity contribution in [3.05, 3.63) is 83.2 Å². The number of carbonyl (C=O) groups is 2. The summed E-state index contributed by atoms with van der Waals surface area (Å²) in [5.74, 6) is 1.11. The molecule has 156 valence electrons. The molecule has 1 amide bonds. The highest BCUT2D eigenvalue weighted by molar-refractivity contribution is 6.08. The van der Waals surface area contributed by atoms with E-state index in [4.69, 9.17) is 4.74 Å². The molecule has 0 saturated carbocycles. The van der Waals surface area contributed by atoms with Gasteiger partial charge in [-0.1, -0.05) is 36.4 Å². The van der Waals surface area contributed by atoms with Crippen LogP contribution in [0.4, 0.5) is 11.5 Å². The van der Waals surface area contributed by atoms with E-state index in [1.54, 1.807) is 30.1 Å². The van der Waals surface area contributed by atoms with Crippen LogP contribution in [0.3, 0.4) is 0 Å². The smallest absolute Gasteiger partial charge is 0.261 e. The molecule has 0 radical (unpaired) electrons. The molecule has 7 heteroatoms. The maximum absolute atomic E-state index is 13.1. The van der Waals surface area contributed by atoms with Gasteiger partial charge in [0.25, 0.3) is 5.91 Å². The van der Waals surface area contributed by atoms with E-state index in [0.29, 0.717) is 29.2 Å². The first kappa shape index (κ1) is 19.1. The molecule has 0 saturated heterocycles. The number of carbonyl (C=O) groups excluding carboxylic acids is 2. The number of hydrogen-bond donors (Lipinski definition) is 2. The summed E-state index contributed by atoms with van der Waals surface area (Å²) in [6.07, 6.45) is 3.65. The van der Waals surface area contributed by atoms with Crippen LogP contribution in [0.25, 0.3) is 0 Å². The van der Waals surface area contributed by atoms with Gasteiger partial charge < -0.3 is 15.4 Å². The van der Waals surface area contributed by atoms with Crippen LogP contribution in [0.15, 0.2) is 72.1 Å². The first-order valence-electron chi connectivity index (χ1n) is 10.3. The third-order valence-electron chi connectivity index (χ3n) is 5.73. The van der Waals surface area contributed by atoms with Crippen molar-refractivity contribution in [2.45, 2.75) is 25.3 Å². The largest absolute Gasteiger partial charge is 0.497 e. The number of ether oxygens (including phenoxy) is 1. The number of methoxy groups -OCH3 is 1. The number of aromatic nitrogens is 2. The van der Waals surface area contributed by atoms with Gasteiger partial charge in [-0.25, -0.2) is 4.68 Å². The van der Waals surface area contributed by atoms with Gasteiger partial charge in [-0.2, -0.15) is 5.10 Å². The maximum Gasteiger partial charge on any atom is 0.261 e. The molecule has 1 aliphatic heterocycles. The van der Waals surface area contributed by atoms with Crippen molar-refractivity contribution in [1.29, 1.82) is 0 Å². The van der Waals surface area contributed by atoms with Gasteiger partial charge in [0.1, 0.15) is 23.2 Å². The van der Waals surface area contributed by atoms with Gasteiger partial charge in [0.15, 0.2) is 5.78 Å². The van der Waals surface area contributed by atoms with Crippen molar-refractivity contribution in [3.63, 3.8) is 0 Å². The van der Waals surface area contributed by atoms with Gasteiger partial charge in [-0.15, -0.1) is 0 Å². The average Bonchev–Trinajstić information content (AvgIpc) is 3.22. The Morgan fingerprint density at radius 2 is 2.00 bits per heavy atom. The summed E-state index contributed by atoms with van der Waals surface area (Å²) >= 11 is 0. The zero-order valence-corrected chi connectivity index (χ0v) is 17.1. The number of benzene rings is 2. The van der Waals surface area contributed by atoms with Crippen molar-refractivity contribution < 1.29 is 14.3 Å². The van der Waals surface area contributed by atoms with Crippen LogP contribution < -0.4 is 15.4 Å². The monoisotopic (exact) mass is 414 g/mol. The molecule has 0 bridgehead atoms. The average molecular weight is 414 g/mol. The predicted octanol–water partition coefficient (Wildman–Crippen LogP) is 4.17. The first-order chi connectivity index (χ1) is 15.2. The molecule has 31 heavy (non-hydrogen) atoms. The fourth-order valence-corrected chi connectivity index (χ4v) is 4.27. The molecular formula is C24H22N4O3. The number of allylic oxidation sites excluding steroid dienone is 2. The molecule has 2 aromatic carbocycles. The lowest BCUT2D eigenvalue weighted by atomic mass is 9.85. The number of anilines is 2. The van der Waals surface area contributed by atoms with Crippen molar-refractivity contribution in [2.75, 3.05) is 17.7 Å². The third-order valence-corrected chi connectivity index (χ3v) is 5.73. The Labute approximate surface area is 179 Å². The zero-order valence-electron chi connectivity index (χ0n) is 17.1. The highest BCUT2D eigenvalue weighted by Crippen LogP contribution is 2.41. The van der Waals surface area contributed by atoms with Crippen molar-refractivity contribution >= 4 is 23.2 Å². The summed E-state index contributed by atoms with van der Waals surface area (Å²) < 4.78 is 6.98. The van der Waals surface area contributed by atoms with Gasteiger partial charge in [-0.3, -0.25) is 9.59 Å². The second-order valence-corrected chi connectivity index (χ2v) is 7.64. The number of hydrogen-bond acceptors (Lipinski definition) is 5. The van der Waals surface area contributed by atoms with Crippen LogP contribution in [0.2, 0.25) is 0 Å². The van der Waals surface area contributed by atoms with Crippen LogP contribution in [0.1, 0.15) is 41.2 Å². The highest BCUT2D eigenvalue weighted by Gasteiger charge is 2.37. The molecule has 7 nitrogen and oxygen atoms in total. The Morgan fingerprint density at radius 3 is 2.81 bits per heavy atom. The fraction of sp³-hybridized carbons (Fsp3) is 0.208. The molecule has 1 atom stereocenters. The molecule has 2 heterocycles. The lowest BCUT2D eigenvalue weighted by molar-refractivity contribution is -0.116. The number of rotatable bonds is 4. The minimum Gasteiger partial charge on any atom is -0.497 e. The minimum absolute atomic E-state index is 0.131. The topological polar surface area (TPSA) is 85.2 Å². The van der Waals surface area contributed by atoms with Crippen LogP contribution in [0, 0.1) is 0 Å². The van der Waals surface area contributed by atoms with E-state index < -0.39 is 0 Å². The lowest BCUT2D eigenvalue weighted by Gasteiger charge is -2.33. The molecular weight excluding hydrogens is 392 g/mol. The van der Waals surface area contributed by atoms with Gasteiger partial charge in [0, 0.05) is 29.4 Å². The molecule has 0 fully saturated rings. The van der Waals surface area contributed by atoms with Gasteiger partial charge >= 0.3 is 0 Å². The Hall–Kier alpha value is -3.87. The van der Waals surface area contributed by atoms with E-state index in [1.165, 1.54) is 0 Å². The highest BCUT2D eigenvalue weighted by atomic mass is 16.5. The molecule has 2 N–H and O–H groups in total. The number of amides is 1. The lowest BCUT2D eigenvalue weighted by Crippen LogP contribution is -2.32. The molecule has 2 aliphatic rings. The number of nitrogens with one attached hydrogen (secondary N) is 2.